The summed E-state index contributed by atoms with van der Waals surface area (Å²) in [4.78, 5) is 16.7. The van der Waals surface area contributed by atoms with Gasteiger partial charge in [0.25, 0.3) is 0 Å². The molecule has 0 amide bonds. The number of aromatic nitrogens is 4. The van der Waals surface area contributed by atoms with Crippen molar-refractivity contribution in [2.24, 2.45) is 0 Å². The van der Waals surface area contributed by atoms with Crippen LogP contribution in [-0.4, -0.2) is 82.6 Å². The van der Waals surface area contributed by atoms with Crippen LogP contribution in [0.15, 0.2) is 48.9 Å². The number of alkyl halides is 3. The molecule has 0 bridgehead atoms. The molecule has 2 saturated heterocycles. The summed E-state index contributed by atoms with van der Waals surface area (Å²) >= 11 is 0. The number of ether oxygens (including phenoxy) is 1. The predicted molar refractivity (Wildman–Crippen MR) is 142 cm³/mol. The van der Waals surface area contributed by atoms with E-state index in [0.717, 1.165) is 0 Å². The maximum atomic E-state index is 15.0. The second-order valence-corrected chi connectivity index (χ2v) is 9.96. The van der Waals surface area contributed by atoms with Crippen molar-refractivity contribution in [3.05, 3.63) is 66.1 Å². The summed E-state index contributed by atoms with van der Waals surface area (Å²) in [6.07, 6.45) is 0.401. The topological polar surface area (TPSA) is 83.4 Å². The Morgan fingerprint density at radius 1 is 1.00 bits per heavy atom. The first-order chi connectivity index (χ1) is 19.7. The maximum absolute atomic E-state index is 15.0. The zero-order chi connectivity index (χ0) is 28.6. The number of benzene rings is 1. The van der Waals surface area contributed by atoms with E-state index in [1.54, 1.807) is 40.1 Å². The van der Waals surface area contributed by atoms with Gasteiger partial charge in [-0.3, -0.25) is 4.90 Å². The maximum Gasteiger partial charge on any atom is 0.405 e. The summed E-state index contributed by atoms with van der Waals surface area (Å²) in [6, 6.07) is 6.01. The van der Waals surface area contributed by atoms with Crippen molar-refractivity contribution in [2.45, 2.75) is 18.8 Å². The molecule has 1 aromatic carbocycles. The lowest BCUT2D eigenvalue weighted by atomic mass is 10.1. The summed E-state index contributed by atoms with van der Waals surface area (Å²) in [6.45, 7) is 2.83. The third-order valence-electron chi connectivity index (χ3n) is 7.22. The minimum atomic E-state index is -4.34. The van der Waals surface area contributed by atoms with E-state index in [1.165, 1.54) is 18.3 Å². The number of hydrogen-bond donors (Lipinski definition) is 2. The smallest absolute Gasteiger partial charge is 0.379 e. The second-order valence-electron chi connectivity index (χ2n) is 9.96. The Balaban J connectivity index is 1.19. The quantitative estimate of drug-likeness (QED) is 0.335. The lowest BCUT2D eigenvalue weighted by Gasteiger charge is -2.35. The van der Waals surface area contributed by atoms with Crippen LogP contribution in [0.25, 0.3) is 16.7 Å². The van der Waals surface area contributed by atoms with Crippen molar-refractivity contribution in [1.29, 1.82) is 0 Å². The van der Waals surface area contributed by atoms with Gasteiger partial charge in [-0.1, -0.05) is 0 Å². The van der Waals surface area contributed by atoms with E-state index in [-0.39, 0.29) is 36.8 Å². The molecule has 2 aliphatic heterocycles. The van der Waals surface area contributed by atoms with E-state index in [0.29, 0.717) is 55.4 Å². The lowest BCUT2D eigenvalue weighted by molar-refractivity contribution is -0.155. The standard InChI is InChI=1S/C27H27F5N8O/c28-21-11-19(12-22(29)20(21)15-38-7-9-41-10-8-38)40-5-3-17-13-35-26(37-25(17)40)36-18-1-2-24(34-14-18)39-6-4-33-23(16-39)27(30,31)32/h1-3,5,11-14,23,33H,4,6-10,15-16H2,(H,35,36,37). The minimum absolute atomic E-state index is 0.00906. The molecule has 2 N–H and O–H groups in total. The van der Waals surface area contributed by atoms with Crippen LogP contribution < -0.4 is 15.5 Å². The highest BCUT2D eigenvalue weighted by molar-refractivity contribution is 5.78. The zero-order valence-electron chi connectivity index (χ0n) is 21.8. The summed E-state index contributed by atoms with van der Waals surface area (Å²) in [5.74, 6) is -0.634. The Kier molecular flexibility index (Phi) is 7.45. The van der Waals surface area contributed by atoms with Gasteiger partial charge in [-0.2, -0.15) is 18.2 Å². The number of fused-ring (bicyclic) bond motifs is 1. The molecule has 0 aliphatic carbocycles. The summed E-state index contributed by atoms with van der Waals surface area (Å²) in [5, 5.41) is 6.18. The third kappa shape index (κ3) is 5.94. The second kappa shape index (κ2) is 11.2. The van der Waals surface area contributed by atoms with Crippen molar-refractivity contribution in [3.63, 3.8) is 0 Å². The molecule has 14 heteroatoms. The van der Waals surface area contributed by atoms with Crippen LogP contribution in [0.5, 0.6) is 0 Å². The van der Waals surface area contributed by atoms with Gasteiger partial charge in [0, 0.05) is 62.6 Å². The van der Waals surface area contributed by atoms with Crippen LogP contribution in [0.4, 0.5) is 39.4 Å². The molecule has 2 fully saturated rings. The largest absolute Gasteiger partial charge is 0.405 e. The monoisotopic (exact) mass is 574 g/mol. The number of nitrogens with zero attached hydrogens (tertiary/aromatic N) is 6. The van der Waals surface area contributed by atoms with Gasteiger partial charge in [-0.25, -0.2) is 18.7 Å². The van der Waals surface area contributed by atoms with Gasteiger partial charge >= 0.3 is 6.18 Å². The molecule has 0 spiro atoms. The molecule has 6 rings (SSSR count). The van der Waals surface area contributed by atoms with Crippen molar-refractivity contribution in [3.8, 4) is 5.69 Å². The molecule has 9 nitrogen and oxygen atoms in total. The SMILES string of the molecule is Fc1cc(-n2ccc3cnc(Nc4ccc(N5CCNC(C(F)(F)F)C5)nc4)nc32)cc(F)c1CN1CCOCC1. The molecule has 5 heterocycles. The molecule has 1 unspecified atom stereocenters. The number of hydrogen-bond acceptors (Lipinski definition) is 8. The van der Waals surface area contributed by atoms with Gasteiger partial charge in [0.05, 0.1) is 30.8 Å². The first-order valence-corrected chi connectivity index (χ1v) is 13.2. The Bertz CT molecular complexity index is 1500. The molecule has 4 aromatic rings. The molecule has 216 valence electrons. The highest BCUT2D eigenvalue weighted by Crippen LogP contribution is 2.27. The molecule has 3 aromatic heterocycles. The van der Waals surface area contributed by atoms with E-state index < -0.39 is 23.9 Å². The number of piperazine rings is 1. The Morgan fingerprint density at radius 2 is 1.78 bits per heavy atom. The molecule has 0 radical (unpaired) electrons. The predicted octanol–water partition coefficient (Wildman–Crippen LogP) is 4.01. The first kappa shape index (κ1) is 27.3. The van der Waals surface area contributed by atoms with Crippen LogP contribution in [0.3, 0.4) is 0 Å². The minimum Gasteiger partial charge on any atom is -0.379 e. The van der Waals surface area contributed by atoms with E-state index in [9.17, 15) is 13.2 Å². The van der Waals surface area contributed by atoms with Gasteiger partial charge in [0.2, 0.25) is 5.95 Å². The number of rotatable bonds is 6. The molecule has 1 atom stereocenters. The number of pyridine rings is 1. The van der Waals surface area contributed by atoms with E-state index >= 15 is 8.78 Å². The van der Waals surface area contributed by atoms with Crippen molar-refractivity contribution < 1.29 is 26.7 Å². The molecule has 41 heavy (non-hydrogen) atoms. The Labute approximate surface area is 232 Å². The van der Waals surface area contributed by atoms with Crippen LogP contribution >= 0.6 is 0 Å². The van der Waals surface area contributed by atoms with E-state index in [4.69, 9.17) is 4.74 Å². The zero-order valence-corrected chi connectivity index (χ0v) is 21.8. The normalized spacial score (nSPS) is 18.7. The number of morpholine rings is 1. The number of nitrogens with one attached hydrogen (secondary N) is 2. The third-order valence-corrected chi connectivity index (χ3v) is 7.22. The van der Waals surface area contributed by atoms with E-state index in [1.807, 2.05) is 4.90 Å². The molecule has 0 saturated carbocycles. The van der Waals surface area contributed by atoms with Crippen LogP contribution in [0.1, 0.15) is 5.56 Å². The van der Waals surface area contributed by atoms with Crippen LogP contribution in [0, 0.1) is 11.6 Å². The van der Waals surface area contributed by atoms with Gasteiger partial charge in [0.1, 0.15) is 29.1 Å². The Hall–Kier alpha value is -3.88. The number of halogens is 5. The summed E-state index contributed by atoms with van der Waals surface area (Å²) in [7, 11) is 0. The fourth-order valence-electron chi connectivity index (χ4n) is 5.00. The van der Waals surface area contributed by atoms with Gasteiger partial charge in [-0.05, 0) is 30.3 Å². The summed E-state index contributed by atoms with van der Waals surface area (Å²) in [5.41, 5.74) is 1.25. The van der Waals surface area contributed by atoms with Crippen molar-refractivity contribution >= 4 is 28.5 Å². The van der Waals surface area contributed by atoms with Crippen molar-refractivity contribution in [2.75, 3.05) is 56.2 Å². The van der Waals surface area contributed by atoms with E-state index in [2.05, 4.69) is 25.6 Å². The van der Waals surface area contributed by atoms with Crippen LogP contribution in [-0.2, 0) is 11.3 Å². The highest BCUT2D eigenvalue weighted by Gasteiger charge is 2.42. The highest BCUT2D eigenvalue weighted by atomic mass is 19.4. The van der Waals surface area contributed by atoms with Gasteiger partial charge in [-0.15, -0.1) is 0 Å². The fourth-order valence-corrected chi connectivity index (χ4v) is 5.00. The first-order valence-electron chi connectivity index (χ1n) is 13.2. The fraction of sp³-hybridized carbons (Fsp3) is 0.370. The summed E-state index contributed by atoms with van der Waals surface area (Å²) < 4.78 is 76.4. The number of anilines is 3. The Morgan fingerprint density at radius 3 is 2.49 bits per heavy atom. The molecular weight excluding hydrogens is 547 g/mol. The van der Waals surface area contributed by atoms with Crippen molar-refractivity contribution in [1.82, 2.24) is 29.7 Å². The average Bonchev–Trinajstić information content (AvgIpc) is 3.39. The lowest BCUT2D eigenvalue weighted by Crippen LogP contribution is -2.57. The van der Waals surface area contributed by atoms with Crippen LogP contribution in [0.2, 0.25) is 0 Å². The van der Waals surface area contributed by atoms with Gasteiger partial charge in [0.15, 0.2) is 0 Å². The average molecular weight is 575 g/mol. The molecule has 2 aliphatic rings. The van der Waals surface area contributed by atoms with Gasteiger partial charge < -0.3 is 24.8 Å². The molecular formula is C27H27F5N8O.